The van der Waals surface area contributed by atoms with E-state index in [1.165, 1.54) is 66.6 Å². The lowest BCUT2D eigenvalue weighted by atomic mass is 10.0. The van der Waals surface area contributed by atoms with Crippen molar-refractivity contribution in [1.29, 1.82) is 0 Å². The van der Waals surface area contributed by atoms with E-state index in [9.17, 15) is 0 Å². The van der Waals surface area contributed by atoms with Crippen LogP contribution in [0.5, 0.6) is 0 Å². The standard InChI is InChI=1S/C52H34N4S/c1-3-11-35(12-4-1)37-19-26-41(27-20-37)55(42-28-21-38(22-29-42)36-13-5-2-6-14-36)49-34-33-44(50-51(49)54-57-53-50)40-23-30-43(31-24-40)56-48-18-10-9-17-46(48)47-32-25-39-15-7-8-16-45(39)52(47)56/h1-34H. The van der Waals surface area contributed by atoms with Crippen molar-refractivity contribution in [2.24, 2.45) is 0 Å². The van der Waals surface area contributed by atoms with Gasteiger partial charge in [0, 0.05) is 38.8 Å². The van der Waals surface area contributed by atoms with E-state index in [1.54, 1.807) is 0 Å². The largest absolute Gasteiger partial charge is 0.309 e. The van der Waals surface area contributed by atoms with Crippen molar-refractivity contribution in [2.45, 2.75) is 0 Å². The first-order valence-electron chi connectivity index (χ1n) is 19.2. The van der Waals surface area contributed by atoms with Gasteiger partial charge >= 0.3 is 0 Å². The minimum Gasteiger partial charge on any atom is -0.309 e. The highest BCUT2D eigenvalue weighted by molar-refractivity contribution is 7.00. The predicted molar refractivity (Wildman–Crippen MR) is 240 cm³/mol. The maximum absolute atomic E-state index is 4.95. The Bertz CT molecular complexity index is 3120. The van der Waals surface area contributed by atoms with Crippen molar-refractivity contribution >= 4 is 72.4 Å². The van der Waals surface area contributed by atoms with Crippen LogP contribution < -0.4 is 4.90 Å². The van der Waals surface area contributed by atoms with Crippen LogP contribution in [0.2, 0.25) is 0 Å². The molecular weight excluding hydrogens is 713 g/mol. The molecule has 0 atom stereocenters. The van der Waals surface area contributed by atoms with E-state index in [-0.39, 0.29) is 0 Å². The zero-order chi connectivity index (χ0) is 37.7. The second-order valence-electron chi connectivity index (χ2n) is 14.3. The van der Waals surface area contributed by atoms with Crippen LogP contribution >= 0.6 is 11.7 Å². The molecule has 5 heteroatoms. The van der Waals surface area contributed by atoms with E-state index >= 15 is 0 Å². The van der Waals surface area contributed by atoms with Gasteiger partial charge in [0.25, 0.3) is 0 Å². The molecule has 0 unspecified atom stereocenters. The molecule has 0 N–H and O–H groups in total. The van der Waals surface area contributed by atoms with Crippen LogP contribution in [0.1, 0.15) is 0 Å². The van der Waals surface area contributed by atoms with E-state index in [1.807, 2.05) is 0 Å². The van der Waals surface area contributed by atoms with Gasteiger partial charge in [0.2, 0.25) is 0 Å². The van der Waals surface area contributed by atoms with E-state index in [2.05, 4.69) is 216 Å². The fourth-order valence-corrected chi connectivity index (χ4v) is 8.92. The van der Waals surface area contributed by atoms with E-state index in [0.717, 1.165) is 44.9 Å². The van der Waals surface area contributed by atoms with Gasteiger partial charge in [-0.25, -0.2) is 0 Å². The van der Waals surface area contributed by atoms with Crippen molar-refractivity contribution in [3.8, 4) is 39.1 Å². The first-order valence-corrected chi connectivity index (χ1v) is 19.9. The summed E-state index contributed by atoms with van der Waals surface area (Å²) in [7, 11) is 0. The molecule has 0 aliphatic carbocycles. The number of aromatic nitrogens is 3. The van der Waals surface area contributed by atoms with Crippen molar-refractivity contribution in [3.05, 3.63) is 206 Å². The Hall–Kier alpha value is -7.34. The van der Waals surface area contributed by atoms with Gasteiger partial charge in [-0.2, -0.15) is 8.75 Å². The highest BCUT2D eigenvalue weighted by atomic mass is 32.1. The monoisotopic (exact) mass is 746 g/mol. The van der Waals surface area contributed by atoms with Gasteiger partial charge in [0.15, 0.2) is 0 Å². The summed E-state index contributed by atoms with van der Waals surface area (Å²) in [6.45, 7) is 0. The Morgan fingerprint density at radius 1 is 0.386 bits per heavy atom. The highest BCUT2D eigenvalue weighted by Crippen LogP contribution is 2.43. The summed E-state index contributed by atoms with van der Waals surface area (Å²) >= 11 is 1.26. The number of hydrogen-bond donors (Lipinski definition) is 0. The predicted octanol–water partition coefficient (Wildman–Crippen LogP) is 14.4. The Balaban J connectivity index is 1.01. The van der Waals surface area contributed by atoms with Gasteiger partial charge < -0.3 is 9.47 Å². The third kappa shape index (κ3) is 5.67. The van der Waals surface area contributed by atoms with Crippen LogP contribution in [0.25, 0.3) is 82.7 Å². The van der Waals surface area contributed by atoms with E-state index in [4.69, 9.17) is 8.75 Å². The van der Waals surface area contributed by atoms with Crippen LogP contribution in [0.4, 0.5) is 17.1 Å². The van der Waals surface area contributed by atoms with Gasteiger partial charge in [0.05, 0.1) is 28.4 Å². The lowest BCUT2D eigenvalue weighted by Crippen LogP contribution is -2.10. The minimum atomic E-state index is 0.870. The van der Waals surface area contributed by atoms with Crippen LogP contribution in [-0.4, -0.2) is 13.3 Å². The zero-order valence-electron chi connectivity index (χ0n) is 30.8. The molecule has 0 amide bonds. The third-order valence-corrected chi connectivity index (χ3v) is 11.6. The molecule has 11 rings (SSSR count). The third-order valence-electron chi connectivity index (χ3n) is 11.1. The number of rotatable bonds is 7. The van der Waals surface area contributed by atoms with E-state index < -0.39 is 0 Å². The molecule has 9 aromatic carbocycles. The Labute approximate surface area is 334 Å². The summed E-state index contributed by atoms with van der Waals surface area (Å²) in [4.78, 5) is 2.30. The van der Waals surface area contributed by atoms with Crippen molar-refractivity contribution in [2.75, 3.05) is 4.90 Å². The molecule has 4 nitrogen and oxygen atoms in total. The summed E-state index contributed by atoms with van der Waals surface area (Å²) in [6.07, 6.45) is 0. The van der Waals surface area contributed by atoms with Crippen LogP contribution in [0, 0.1) is 0 Å². The molecule has 2 heterocycles. The second kappa shape index (κ2) is 13.7. The van der Waals surface area contributed by atoms with Crippen LogP contribution in [-0.2, 0) is 0 Å². The summed E-state index contributed by atoms with van der Waals surface area (Å²) < 4.78 is 12.3. The average molecular weight is 747 g/mol. The Kier molecular flexibility index (Phi) is 7.97. The van der Waals surface area contributed by atoms with Gasteiger partial charge in [-0.1, -0.05) is 152 Å². The lowest BCUT2D eigenvalue weighted by molar-refractivity contribution is 1.19. The molecular formula is C52H34N4S. The quantitative estimate of drug-likeness (QED) is 0.163. The molecule has 0 bridgehead atoms. The first-order chi connectivity index (χ1) is 28.3. The number of anilines is 3. The average Bonchev–Trinajstić information content (AvgIpc) is 3.92. The lowest BCUT2D eigenvalue weighted by Gasteiger charge is -2.26. The summed E-state index contributed by atoms with van der Waals surface area (Å²) in [5.74, 6) is 0. The molecule has 2 aromatic heterocycles. The molecule has 0 aliphatic rings. The Morgan fingerprint density at radius 3 is 1.60 bits per heavy atom. The van der Waals surface area contributed by atoms with Gasteiger partial charge in [-0.3, -0.25) is 0 Å². The number of hydrogen-bond acceptors (Lipinski definition) is 4. The van der Waals surface area contributed by atoms with Gasteiger partial charge in [-0.05, 0) is 87.8 Å². The maximum Gasteiger partial charge on any atom is 0.129 e. The minimum absolute atomic E-state index is 0.870. The summed E-state index contributed by atoms with van der Waals surface area (Å²) in [5, 5.41) is 4.99. The molecule has 268 valence electrons. The molecule has 0 aliphatic heterocycles. The zero-order valence-corrected chi connectivity index (χ0v) is 31.6. The molecule has 11 aromatic rings. The molecule has 0 fully saturated rings. The van der Waals surface area contributed by atoms with Crippen LogP contribution in [0.15, 0.2) is 206 Å². The molecule has 0 saturated carbocycles. The summed E-state index contributed by atoms with van der Waals surface area (Å²) in [6, 6.07) is 73.8. The molecule has 0 radical (unpaired) electrons. The maximum atomic E-state index is 4.95. The molecule has 0 saturated heterocycles. The van der Waals surface area contributed by atoms with Crippen molar-refractivity contribution in [3.63, 3.8) is 0 Å². The first kappa shape index (κ1) is 33.0. The number of nitrogens with zero attached hydrogens (tertiary/aromatic N) is 4. The fourth-order valence-electron chi connectivity index (χ4n) is 8.35. The SMILES string of the molecule is c1ccc(-c2ccc(N(c3ccc(-c4ccccc4)cc3)c3ccc(-c4ccc(-n5c6ccccc6c6ccc7ccccc7c65)cc4)c4nsnc34)cc2)cc1. The van der Waals surface area contributed by atoms with E-state index in [0.29, 0.717) is 0 Å². The number of para-hydroxylation sites is 1. The van der Waals surface area contributed by atoms with Gasteiger partial charge in [0.1, 0.15) is 11.0 Å². The van der Waals surface area contributed by atoms with Gasteiger partial charge in [-0.15, -0.1) is 0 Å². The number of fused-ring (bicyclic) bond motifs is 6. The fraction of sp³-hybridized carbons (Fsp3) is 0. The molecule has 57 heavy (non-hydrogen) atoms. The number of benzene rings is 9. The topological polar surface area (TPSA) is 34.0 Å². The van der Waals surface area contributed by atoms with Crippen molar-refractivity contribution in [1.82, 2.24) is 13.3 Å². The highest BCUT2D eigenvalue weighted by Gasteiger charge is 2.21. The Morgan fingerprint density at radius 2 is 0.930 bits per heavy atom. The smallest absolute Gasteiger partial charge is 0.129 e. The molecule has 0 spiro atoms. The van der Waals surface area contributed by atoms with Crippen LogP contribution in [0.3, 0.4) is 0 Å². The normalized spacial score (nSPS) is 11.5. The van der Waals surface area contributed by atoms with Crippen molar-refractivity contribution < 1.29 is 0 Å². The second-order valence-corrected chi connectivity index (χ2v) is 14.9. The summed E-state index contributed by atoms with van der Waals surface area (Å²) in [5.41, 5.74) is 15.3.